The average Bonchev–Trinajstić information content (AvgIpc) is 2.73. The van der Waals surface area contributed by atoms with Gasteiger partial charge in [-0.1, -0.05) is 48.5 Å². The molecule has 142 valence electrons. The summed E-state index contributed by atoms with van der Waals surface area (Å²) < 4.78 is 10.6. The molecular formula is C22H20N2O4. The molecule has 0 saturated carbocycles. The topological polar surface area (TPSA) is 76.7 Å². The van der Waals surface area contributed by atoms with Gasteiger partial charge in [0.05, 0.1) is 7.11 Å². The molecule has 0 radical (unpaired) electrons. The molecule has 3 rings (SSSR count). The van der Waals surface area contributed by atoms with Crippen molar-refractivity contribution in [2.45, 2.75) is 6.61 Å². The number of hydrogen-bond acceptors (Lipinski definition) is 4. The van der Waals surface area contributed by atoms with Crippen LogP contribution in [0.15, 0.2) is 78.9 Å². The summed E-state index contributed by atoms with van der Waals surface area (Å²) in [5, 5.41) is 5.41. The molecule has 6 nitrogen and oxygen atoms in total. The lowest BCUT2D eigenvalue weighted by Gasteiger charge is -2.13. The Morgan fingerprint density at radius 3 is 2.14 bits per heavy atom. The van der Waals surface area contributed by atoms with Crippen molar-refractivity contribution in [3.63, 3.8) is 0 Å². The Bertz CT molecular complexity index is 943. The summed E-state index contributed by atoms with van der Waals surface area (Å²) in [6.45, 7) is 0.312. The Kier molecular flexibility index (Phi) is 6.25. The van der Waals surface area contributed by atoms with Crippen LogP contribution in [0.4, 0.5) is 16.2 Å². The summed E-state index contributed by atoms with van der Waals surface area (Å²) in [6.07, 6.45) is 0. The van der Waals surface area contributed by atoms with Crippen LogP contribution in [0, 0.1) is 0 Å². The van der Waals surface area contributed by atoms with Crippen LogP contribution in [0.25, 0.3) is 0 Å². The average molecular weight is 376 g/mol. The normalized spacial score (nSPS) is 10.0. The van der Waals surface area contributed by atoms with Gasteiger partial charge in [0, 0.05) is 11.4 Å². The van der Waals surface area contributed by atoms with Gasteiger partial charge >= 0.3 is 12.0 Å². The second kappa shape index (κ2) is 9.23. The van der Waals surface area contributed by atoms with Gasteiger partial charge in [-0.2, -0.15) is 0 Å². The maximum absolute atomic E-state index is 12.2. The zero-order chi connectivity index (χ0) is 19.8. The molecule has 2 amide bonds. The lowest BCUT2D eigenvalue weighted by molar-refractivity contribution is 0.0595. The van der Waals surface area contributed by atoms with Crippen LogP contribution in [-0.2, 0) is 11.3 Å². The molecule has 28 heavy (non-hydrogen) atoms. The summed E-state index contributed by atoms with van der Waals surface area (Å²) in [7, 11) is 1.30. The van der Waals surface area contributed by atoms with Crippen LogP contribution in [-0.4, -0.2) is 19.1 Å². The number of urea groups is 1. The molecule has 0 fully saturated rings. The van der Waals surface area contributed by atoms with Crippen molar-refractivity contribution in [1.29, 1.82) is 0 Å². The van der Waals surface area contributed by atoms with Crippen LogP contribution in [0.3, 0.4) is 0 Å². The summed E-state index contributed by atoms with van der Waals surface area (Å²) in [6, 6.07) is 23.1. The van der Waals surface area contributed by atoms with Crippen LogP contribution in [0.1, 0.15) is 15.9 Å². The van der Waals surface area contributed by atoms with Crippen molar-refractivity contribution in [2.24, 2.45) is 0 Å². The minimum absolute atomic E-state index is 0.232. The van der Waals surface area contributed by atoms with Gasteiger partial charge in [-0.15, -0.1) is 0 Å². The maximum atomic E-state index is 12.2. The van der Waals surface area contributed by atoms with E-state index in [1.807, 2.05) is 48.5 Å². The largest absolute Gasteiger partial charge is 0.488 e. The number of methoxy groups -OCH3 is 1. The molecule has 0 heterocycles. The molecule has 0 aliphatic rings. The van der Waals surface area contributed by atoms with E-state index >= 15 is 0 Å². The van der Waals surface area contributed by atoms with E-state index < -0.39 is 12.0 Å². The van der Waals surface area contributed by atoms with E-state index in [1.54, 1.807) is 24.3 Å². The maximum Gasteiger partial charge on any atom is 0.341 e. The zero-order valence-electron chi connectivity index (χ0n) is 15.3. The second-order valence-corrected chi connectivity index (χ2v) is 5.92. The number of hydrogen-bond donors (Lipinski definition) is 2. The number of benzene rings is 3. The van der Waals surface area contributed by atoms with Gasteiger partial charge in [-0.05, 0) is 35.9 Å². The SMILES string of the molecule is COC(=O)c1cc(NC(=O)Nc2ccccc2)ccc1OCc1ccccc1. The van der Waals surface area contributed by atoms with Gasteiger partial charge in [0.1, 0.15) is 17.9 Å². The Hall–Kier alpha value is -3.80. The number of anilines is 2. The number of ether oxygens (including phenoxy) is 2. The van der Waals surface area contributed by atoms with E-state index in [9.17, 15) is 9.59 Å². The number of amides is 2. The van der Waals surface area contributed by atoms with E-state index in [-0.39, 0.29) is 5.56 Å². The molecule has 0 saturated heterocycles. The minimum Gasteiger partial charge on any atom is -0.488 e. The summed E-state index contributed by atoms with van der Waals surface area (Å²) >= 11 is 0. The molecule has 3 aromatic carbocycles. The van der Waals surface area contributed by atoms with Gasteiger partial charge in [-0.25, -0.2) is 9.59 Å². The molecule has 0 aromatic heterocycles. The molecule has 0 aliphatic carbocycles. The highest BCUT2D eigenvalue weighted by Gasteiger charge is 2.15. The molecule has 2 N–H and O–H groups in total. The predicted molar refractivity (Wildman–Crippen MR) is 108 cm³/mol. The van der Waals surface area contributed by atoms with E-state index in [0.29, 0.717) is 23.7 Å². The number of esters is 1. The van der Waals surface area contributed by atoms with Gasteiger partial charge in [0.2, 0.25) is 0 Å². The molecule has 0 bridgehead atoms. The number of carbonyl (C=O) groups excluding carboxylic acids is 2. The quantitative estimate of drug-likeness (QED) is 0.612. The Balaban J connectivity index is 1.72. The molecule has 0 spiro atoms. The molecule has 6 heteroatoms. The Labute approximate surface area is 163 Å². The van der Waals surface area contributed by atoms with Crippen LogP contribution in [0.2, 0.25) is 0 Å². The smallest absolute Gasteiger partial charge is 0.341 e. The first-order chi connectivity index (χ1) is 13.7. The number of para-hydroxylation sites is 1. The van der Waals surface area contributed by atoms with Gasteiger partial charge < -0.3 is 20.1 Å². The number of nitrogens with one attached hydrogen (secondary N) is 2. The van der Waals surface area contributed by atoms with E-state index in [2.05, 4.69) is 10.6 Å². The van der Waals surface area contributed by atoms with Crippen molar-refractivity contribution in [3.05, 3.63) is 90.0 Å². The minimum atomic E-state index is -0.546. The van der Waals surface area contributed by atoms with Gasteiger partial charge in [-0.3, -0.25) is 0 Å². The van der Waals surface area contributed by atoms with Crippen molar-refractivity contribution in [3.8, 4) is 5.75 Å². The zero-order valence-corrected chi connectivity index (χ0v) is 15.3. The fraction of sp³-hybridized carbons (Fsp3) is 0.0909. The molecule has 0 unspecified atom stereocenters. The summed E-state index contributed by atoms with van der Waals surface area (Å²) in [4.78, 5) is 24.3. The van der Waals surface area contributed by atoms with Crippen molar-refractivity contribution in [2.75, 3.05) is 17.7 Å². The van der Waals surface area contributed by atoms with Crippen LogP contribution >= 0.6 is 0 Å². The molecule has 3 aromatic rings. The van der Waals surface area contributed by atoms with Crippen molar-refractivity contribution in [1.82, 2.24) is 0 Å². The lowest BCUT2D eigenvalue weighted by atomic mass is 10.1. The monoisotopic (exact) mass is 376 g/mol. The number of carbonyl (C=O) groups is 2. The summed E-state index contributed by atoms with van der Waals surface area (Å²) in [5.41, 5.74) is 2.32. The van der Waals surface area contributed by atoms with Crippen molar-refractivity contribution < 1.29 is 19.1 Å². The van der Waals surface area contributed by atoms with Crippen molar-refractivity contribution >= 4 is 23.4 Å². The highest BCUT2D eigenvalue weighted by atomic mass is 16.5. The van der Waals surface area contributed by atoms with Crippen LogP contribution in [0.5, 0.6) is 5.75 Å². The fourth-order valence-electron chi connectivity index (χ4n) is 2.55. The highest BCUT2D eigenvalue weighted by molar-refractivity contribution is 6.01. The second-order valence-electron chi connectivity index (χ2n) is 5.92. The number of rotatable bonds is 6. The highest BCUT2D eigenvalue weighted by Crippen LogP contribution is 2.25. The summed E-state index contributed by atoms with van der Waals surface area (Å²) in [5.74, 6) is -0.167. The standard InChI is InChI=1S/C22H20N2O4/c1-27-21(25)19-14-18(24-22(26)23-17-10-6-3-7-11-17)12-13-20(19)28-15-16-8-4-2-5-9-16/h2-14H,15H2,1H3,(H2,23,24,26). The Morgan fingerprint density at radius 1 is 0.821 bits per heavy atom. The van der Waals surface area contributed by atoms with E-state index in [4.69, 9.17) is 9.47 Å². The van der Waals surface area contributed by atoms with E-state index in [1.165, 1.54) is 13.2 Å². The molecule has 0 atom stereocenters. The van der Waals surface area contributed by atoms with Crippen LogP contribution < -0.4 is 15.4 Å². The third kappa shape index (κ3) is 5.11. The first-order valence-electron chi connectivity index (χ1n) is 8.68. The van der Waals surface area contributed by atoms with E-state index in [0.717, 1.165) is 5.56 Å². The third-order valence-corrected chi connectivity index (χ3v) is 3.91. The molecular weight excluding hydrogens is 356 g/mol. The van der Waals surface area contributed by atoms with Gasteiger partial charge in [0.15, 0.2) is 0 Å². The fourth-order valence-corrected chi connectivity index (χ4v) is 2.55. The molecule has 0 aliphatic heterocycles. The first kappa shape index (κ1) is 19.0. The van der Waals surface area contributed by atoms with Gasteiger partial charge in [0.25, 0.3) is 0 Å². The predicted octanol–water partition coefficient (Wildman–Crippen LogP) is 4.70. The third-order valence-electron chi connectivity index (χ3n) is 3.91. The first-order valence-corrected chi connectivity index (χ1v) is 8.68. The lowest BCUT2D eigenvalue weighted by Crippen LogP contribution is -2.19. The Morgan fingerprint density at radius 2 is 1.46 bits per heavy atom.